The second kappa shape index (κ2) is 9.10. The second-order valence-corrected chi connectivity index (χ2v) is 9.13. The number of amides is 2. The van der Waals surface area contributed by atoms with Crippen LogP contribution in [-0.4, -0.2) is 53.3 Å². The third-order valence-corrected chi connectivity index (χ3v) is 6.87. The van der Waals surface area contributed by atoms with Crippen molar-refractivity contribution in [3.8, 4) is 0 Å². The van der Waals surface area contributed by atoms with Crippen molar-refractivity contribution in [3.05, 3.63) is 57.0 Å². The van der Waals surface area contributed by atoms with Gasteiger partial charge in [0.1, 0.15) is 0 Å². The zero-order chi connectivity index (χ0) is 21.1. The Hall–Kier alpha value is -2.51. The SMILES string of the molecule is Cc1ncc2c(c1CNC(=O)C=Cc1cccs1)CCN(C(=O)C1CCN(C)C1)C2. The second-order valence-electron chi connectivity index (χ2n) is 8.15. The van der Waals surface area contributed by atoms with Gasteiger partial charge in [-0.1, -0.05) is 6.07 Å². The van der Waals surface area contributed by atoms with Crippen molar-refractivity contribution in [3.63, 3.8) is 0 Å². The molecule has 30 heavy (non-hydrogen) atoms. The number of fused-ring (bicyclic) bond motifs is 1. The predicted octanol–water partition coefficient (Wildman–Crippen LogP) is 2.62. The van der Waals surface area contributed by atoms with Crippen molar-refractivity contribution in [2.75, 3.05) is 26.7 Å². The maximum absolute atomic E-state index is 12.9. The molecule has 1 N–H and O–H groups in total. The molecule has 2 aliphatic rings. The number of rotatable bonds is 5. The van der Waals surface area contributed by atoms with E-state index in [-0.39, 0.29) is 17.7 Å². The van der Waals surface area contributed by atoms with Crippen LogP contribution < -0.4 is 5.32 Å². The van der Waals surface area contributed by atoms with Crippen LogP contribution >= 0.6 is 11.3 Å². The van der Waals surface area contributed by atoms with Gasteiger partial charge in [-0.25, -0.2) is 0 Å². The van der Waals surface area contributed by atoms with E-state index in [0.29, 0.717) is 13.1 Å². The fourth-order valence-electron chi connectivity index (χ4n) is 4.32. The molecule has 0 saturated carbocycles. The van der Waals surface area contributed by atoms with E-state index in [4.69, 9.17) is 0 Å². The van der Waals surface area contributed by atoms with Crippen LogP contribution in [0.25, 0.3) is 6.08 Å². The van der Waals surface area contributed by atoms with Crippen LogP contribution in [0.3, 0.4) is 0 Å². The maximum atomic E-state index is 12.9. The van der Waals surface area contributed by atoms with E-state index in [9.17, 15) is 9.59 Å². The summed E-state index contributed by atoms with van der Waals surface area (Å²) in [5.41, 5.74) is 4.36. The summed E-state index contributed by atoms with van der Waals surface area (Å²) in [4.78, 5) is 34.9. The standard InChI is InChI=1S/C23H28N4O2S/c1-16-21(13-25-22(28)6-5-19-4-3-11-30-19)20-8-10-27(15-18(20)12-24-16)23(29)17-7-9-26(2)14-17/h3-6,11-12,17H,7-10,13-15H2,1-2H3,(H,25,28). The summed E-state index contributed by atoms with van der Waals surface area (Å²) < 4.78 is 0. The molecule has 1 saturated heterocycles. The molecule has 0 radical (unpaired) electrons. The average Bonchev–Trinajstić information content (AvgIpc) is 3.42. The number of aromatic nitrogens is 1. The van der Waals surface area contributed by atoms with E-state index in [1.807, 2.05) is 41.6 Å². The summed E-state index contributed by atoms with van der Waals surface area (Å²) >= 11 is 1.60. The minimum atomic E-state index is -0.113. The highest BCUT2D eigenvalue weighted by molar-refractivity contribution is 7.10. The monoisotopic (exact) mass is 424 g/mol. The van der Waals surface area contributed by atoms with E-state index >= 15 is 0 Å². The molecular formula is C23H28N4O2S. The number of thiophene rings is 1. The molecule has 4 rings (SSSR count). The Morgan fingerprint density at radius 2 is 2.23 bits per heavy atom. The van der Waals surface area contributed by atoms with Gasteiger partial charge in [0.25, 0.3) is 0 Å². The Morgan fingerprint density at radius 1 is 1.37 bits per heavy atom. The summed E-state index contributed by atoms with van der Waals surface area (Å²) in [6, 6.07) is 3.94. The Labute approximate surface area is 181 Å². The fraction of sp³-hybridized carbons (Fsp3) is 0.435. The van der Waals surface area contributed by atoms with Gasteiger partial charge in [-0.2, -0.15) is 0 Å². The van der Waals surface area contributed by atoms with Crippen LogP contribution in [0.2, 0.25) is 0 Å². The molecule has 0 bridgehead atoms. The first kappa shape index (κ1) is 20.8. The van der Waals surface area contributed by atoms with Crippen molar-refractivity contribution in [1.82, 2.24) is 20.1 Å². The minimum Gasteiger partial charge on any atom is -0.348 e. The third-order valence-electron chi connectivity index (χ3n) is 6.03. The number of carbonyl (C=O) groups is 2. The first-order valence-corrected chi connectivity index (χ1v) is 11.3. The molecule has 7 heteroatoms. The zero-order valence-electron chi connectivity index (χ0n) is 17.6. The third kappa shape index (κ3) is 4.63. The quantitative estimate of drug-likeness (QED) is 0.750. The van der Waals surface area contributed by atoms with Crippen LogP contribution in [0.5, 0.6) is 0 Å². The molecule has 158 valence electrons. The number of aryl methyl sites for hydroxylation is 1. The van der Waals surface area contributed by atoms with Gasteiger partial charge in [0, 0.05) is 49.0 Å². The van der Waals surface area contributed by atoms with Gasteiger partial charge in [-0.15, -0.1) is 11.3 Å². The van der Waals surface area contributed by atoms with Crippen molar-refractivity contribution in [2.24, 2.45) is 5.92 Å². The van der Waals surface area contributed by atoms with Gasteiger partial charge < -0.3 is 15.1 Å². The highest BCUT2D eigenvalue weighted by Gasteiger charge is 2.32. The molecule has 2 aromatic rings. The first-order chi connectivity index (χ1) is 14.5. The molecule has 4 heterocycles. The van der Waals surface area contributed by atoms with Crippen LogP contribution in [0.15, 0.2) is 29.8 Å². The lowest BCUT2D eigenvalue weighted by atomic mass is 9.94. The lowest BCUT2D eigenvalue weighted by Gasteiger charge is -2.32. The van der Waals surface area contributed by atoms with Gasteiger partial charge >= 0.3 is 0 Å². The molecule has 2 aromatic heterocycles. The molecule has 2 aliphatic heterocycles. The summed E-state index contributed by atoms with van der Waals surface area (Å²) in [6.45, 7) is 5.62. The zero-order valence-corrected chi connectivity index (χ0v) is 18.4. The van der Waals surface area contributed by atoms with E-state index in [1.165, 1.54) is 5.56 Å². The highest BCUT2D eigenvalue weighted by Crippen LogP contribution is 2.26. The lowest BCUT2D eigenvalue weighted by Crippen LogP contribution is -2.41. The largest absolute Gasteiger partial charge is 0.348 e. The molecule has 0 aromatic carbocycles. The predicted molar refractivity (Wildman–Crippen MR) is 119 cm³/mol. The molecule has 1 fully saturated rings. The molecule has 6 nitrogen and oxygen atoms in total. The maximum Gasteiger partial charge on any atom is 0.244 e. The van der Waals surface area contributed by atoms with Gasteiger partial charge in [0.2, 0.25) is 11.8 Å². The van der Waals surface area contributed by atoms with E-state index in [0.717, 1.165) is 54.2 Å². The van der Waals surface area contributed by atoms with E-state index in [1.54, 1.807) is 17.4 Å². The Kier molecular flexibility index (Phi) is 6.29. The number of carbonyl (C=O) groups excluding carboxylic acids is 2. The number of likely N-dealkylation sites (tertiary alicyclic amines) is 1. The number of pyridine rings is 1. The summed E-state index contributed by atoms with van der Waals surface area (Å²) in [5.74, 6) is 0.265. The number of nitrogens with zero attached hydrogens (tertiary/aromatic N) is 3. The lowest BCUT2D eigenvalue weighted by molar-refractivity contribution is -0.136. The molecule has 0 aliphatic carbocycles. The Bertz CT molecular complexity index is 954. The molecule has 2 amide bonds. The summed E-state index contributed by atoms with van der Waals surface area (Å²) in [6.07, 6.45) is 7.05. The Balaban J connectivity index is 1.41. The normalized spacial score (nSPS) is 19.3. The smallest absolute Gasteiger partial charge is 0.244 e. The van der Waals surface area contributed by atoms with Gasteiger partial charge in [-0.3, -0.25) is 14.6 Å². The van der Waals surface area contributed by atoms with Crippen LogP contribution in [-0.2, 0) is 29.1 Å². The van der Waals surface area contributed by atoms with Gasteiger partial charge in [-0.05, 0) is 67.6 Å². The fourth-order valence-corrected chi connectivity index (χ4v) is 4.94. The summed E-state index contributed by atoms with van der Waals surface area (Å²) in [5, 5.41) is 4.98. The van der Waals surface area contributed by atoms with Gasteiger partial charge in [0.05, 0.1) is 5.92 Å². The number of nitrogens with one attached hydrogen (secondary N) is 1. The van der Waals surface area contributed by atoms with Gasteiger partial charge in [0.15, 0.2) is 0 Å². The minimum absolute atomic E-state index is 0.113. The molecule has 0 spiro atoms. The Morgan fingerprint density at radius 3 is 2.97 bits per heavy atom. The van der Waals surface area contributed by atoms with E-state index in [2.05, 4.69) is 22.2 Å². The number of hydrogen-bond donors (Lipinski definition) is 1. The van der Waals surface area contributed by atoms with Crippen LogP contribution in [0, 0.1) is 12.8 Å². The van der Waals surface area contributed by atoms with E-state index < -0.39 is 0 Å². The highest BCUT2D eigenvalue weighted by atomic mass is 32.1. The molecule has 1 unspecified atom stereocenters. The van der Waals surface area contributed by atoms with Crippen LogP contribution in [0.1, 0.15) is 33.7 Å². The molecular weight excluding hydrogens is 396 g/mol. The van der Waals surface area contributed by atoms with Crippen molar-refractivity contribution in [2.45, 2.75) is 32.9 Å². The molecule has 1 atom stereocenters. The topological polar surface area (TPSA) is 65.5 Å². The number of hydrogen-bond acceptors (Lipinski definition) is 5. The van der Waals surface area contributed by atoms with Crippen molar-refractivity contribution < 1.29 is 9.59 Å². The van der Waals surface area contributed by atoms with Crippen molar-refractivity contribution in [1.29, 1.82) is 0 Å². The first-order valence-electron chi connectivity index (χ1n) is 10.4. The van der Waals surface area contributed by atoms with Crippen molar-refractivity contribution >= 4 is 29.2 Å². The average molecular weight is 425 g/mol. The summed E-state index contributed by atoms with van der Waals surface area (Å²) in [7, 11) is 2.07. The van der Waals surface area contributed by atoms with Crippen LogP contribution in [0.4, 0.5) is 0 Å².